The van der Waals surface area contributed by atoms with E-state index < -0.39 is 21.7 Å². The van der Waals surface area contributed by atoms with E-state index in [1.54, 1.807) is 26.8 Å². The van der Waals surface area contributed by atoms with Crippen molar-refractivity contribution in [3.63, 3.8) is 0 Å². The van der Waals surface area contributed by atoms with Crippen LogP contribution < -0.4 is 15.8 Å². The first-order chi connectivity index (χ1) is 10.5. The van der Waals surface area contributed by atoms with E-state index >= 15 is 0 Å². The molecule has 0 bridgehead atoms. The number of amides is 1. The lowest BCUT2D eigenvalue weighted by Gasteiger charge is -2.19. The molecule has 0 saturated heterocycles. The quantitative estimate of drug-likeness (QED) is 0.627. The number of sulfonamides is 1. The van der Waals surface area contributed by atoms with E-state index in [0.29, 0.717) is 24.0 Å². The molecule has 4 N–H and O–H groups in total. The fraction of sp³-hybridized carbons (Fsp3) is 0.500. The summed E-state index contributed by atoms with van der Waals surface area (Å²) in [4.78, 5) is 11.5. The van der Waals surface area contributed by atoms with Gasteiger partial charge in [0.15, 0.2) is 0 Å². The Morgan fingerprint density at radius 2 is 1.96 bits per heavy atom. The zero-order valence-electron chi connectivity index (χ0n) is 13.3. The van der Waals surface area contributed by atoms with Crippen molar-refractivity contribution in [1.82, 2.24) is 5.32 Å². The maximum absolute atomic E-state index is 11.4. The molecule has 0 unspecified atom stereocenters. The van der Waals surface area contributed by atoms with Gasteiger partial charge in [0, 0.05) is 23.2 Å². The Labute approximate surface area is 145 Å². The molecule has 1 aromatic rings. The van der Waals surface area contributed by atoms with Gasteiger partial charge in [0.05, 0.1) is 4.90 Å². The second-order valence-corrected chi connectivity index (χ2v) is 8.31. The molecule has 0 aliphatic rings. The van der Waals surface area contributed by atoms with Crippen molar-refractivity contribution in [3.05, 3.63) is 22.7 Å². The number of rotatable bonds is 6. The summed E-state index contributed by atoms with van der Waals surface area (Å²) in [6.45, 7) is 6.47. The van der Waals surface area contributed by atoms with E-state index in [1.807, 2.05) is 0 Å². The van der Waals surface area contributed by atoms with E-state index in [9.17, 15) is 13.2 Å². The van der Waals surface area contributed by atoms with Crippen molar-refractivity contribution >= 4 is 37.7 Å². The number of benzene rings is 1. The van der Waals surface area contributed by atoms with Crippen molar-refractivity contribution < 1.29 is 17.9 Å². The van der Waals surface area contributed by atoms with Crippen LogP contribution in [-0.2, 0) is 14.8 Å². The number of hydrogen-bond acceptors (Lipinski definition) is 5. The van der Waals surface area contributed by atoms with E-state index in [-0.39, 0.29) is 4.90 Å². The van der Waals surface area contributed by atoms with Crippen LogP contribution in [0.15, 0.2) is 27.6 Å². The van der Waals surface area contributed by atoms with Gasteiger partial charge in [-0.15, -0.1) is 0 Å². The maximum Gasteiger partial charge on any atom is 0.407 e. The third kappa shape index (κ3) is 7.67. The Hall–Kier alpha value is -1.32. The van der Waals surface area contributed by atoms with Gasteiger partial charge in [0.1, 0.15) is 5.60 Å². The molecule has 1 aromatic carbocycles. The summed E-state index contributed by atoms with van der Waals surface area (Å²) >= 11 is 3.29. The van der Waals surface area contributed by atoms with Gasteiger partial charge >= 0.3 is 6.09 Å². The molecule has 9 heteroatoms. The van der Waals surface area contributed by atoms with Gasteiger partial charge in [0.2, 0.25) is 10.0 Å². The lowest BCUT2D eigenvalue weighted by molar-refractivity contribution is 0.0528. The van der Waals surface area contributed by atoms with Crippen molar-refractivity contribution in [2.45, 2.75) is 37.7 Å². The number of ether oxygens (including phenoxy) is 1. The normalized spacial score (nSPS) is 11.9. The molecule has 130 valence electrons. The highest BCUT2D eigenvalue weighted by molar-refractivity contribution is 9.10. The van der Waals surface area contributed by atoms with E-state index in [1.165, 1.54) is 12.1 Å². The third-order valence-electron chi connectivity index (χ3n) is 2.61. The smallest absolute Gasteiger partial charge is 0.407 e. The molecule has 1 rings (SSSR count). The predicted molar refractivity (Wildman–Crippen MR) is 92.9 cm³/mol. The highest BCUT2D eigenvalue weighted by atomic mass is 79.9. The van der Waals surface area contributed by atoms with Crippen LogP contribution in [0.2, 0.25) is 0 Å². The monoisotopic (exact) mass is 407 g/mol. The van der Waals surface area contributed by atoms with Gasteiger partial charge in [-0.25, -0.2) is 18.4 Å². The molecule has 0 atom stereocenters. The molecule has 7 nitrogen and oxygen atoms in total. The van der Waals surface area contributed by atoms with Crippen LogP contribution in [0.5, 0.6) is 0 Å². The largest absolute Gasteiger partial charge is 0.444 e. The second-order valence-electron chi connectivity index (χ2n) is 5.90. The average Bonchev–Trinajstić information content (AvgIpc) is 2.36. The molecular weight excluding hydrogens is 386 g/mol. The molecule has 23 heavy (non-hydrogen) atoms. The van der Waals surface area contributed by atoms with Gasteiger partial charge in [-0.1, -0.05) is 0 Å². The summed E-state index contributed by atoms with van der Waals surface area (Å²) in [5.74, 6) is 0. The van der Waals surface area contributed by atoms with Gasteiger partial charge in [0.25, 0.3) is 0 Å². The van der Waals surface area contributed by atoms with Crippen LogP contribution in [0, 0.1) is 0 Å². The third-order valence-corrected chi connectivity index (χ3v) is 4.17. The molecular formula is C14H22BrN3O4S. The van der Waals surface area contributed by atoms with Gasteiger partial charge in [-0.2, -0.15) is 0 Å². The number of alkyl carbamates (subject to hydrolysis) is 1. The number of carbonyl (C=O) groups is 1. The number of anilines is 1. The summed E-state index contributed by atoms with van der Waals surface area (Å²) in [6.07, 6.45) is 0.235. The van der Waals surface area contributed by atoms with Crippen LogP contribution in [0.4, 0.5) is 10.5 Å². The second kappa shape index (κ2) is 7.98. The first-order valence-electron chi connectivity index (χ1n) is 7.02. The van der Waals surface area contributed by atoms with Crippen molar-refractivity contribution in [2.75, 3.05) is 18.4 Å². The van der Waals surface area contributed by atoms with Crippen LogP contribution in [0.25, 0.3) is 0 Å². The fourth-order valence-corrected chi connectivity index (χ4v) is 2.84. The van der Waals surface area contributed by atoms with Crippen LogP contribution in [0.1, 0.15) is 27.2 Å². The first-order valence-corrected chi connectivity index (χ1v) is 9.36. The Morgan fingerprint density at radius 3 is 2.48 bits per heavy atom. The van der Waals surface area contributed by atoms with Gasteiger partial charge < -0.3 is 15.4 Å². The lowest BCUT2D eigenvalue weighted by Crippen LogP contribution is -2.33. The molecule has 0 radical (unpaired) electrons. The number of primary sulfonamides is 1. The summed E-state index contributed by atoms with van der Waals surface area (Å²) < 4.78 is 28.2. The van der Waals surface area contributed by atoms with Crippen molar-refractivity contribution in [2.24, 2.45) is 5.14 Å². The molecule has 0 spiro atoms. The van der Waals surface area contributed by atoms with E-state index in [0.717, 1.165) is 5.69 Å². The van der Waals surface area contributed by atoms with E-state index in [2.05, 4.69) is 26.6 Å². The maximum atomic E-state index is 11.4. The zero-order valence-corrected chi connectivity index (χ0v) is 15.8. The molecule has 0 aromatic heterocycles. The number of carbonyl (C=O) groups excluding carboxylic acids is 1. The summed E-state index contributed by atoms with van der Waals surface area (Å²) in [5, 5.41) is 10.9. The van der Waals surface area contributed by atoms with Gasteiger partial charge in [-0.05, 0) is 61.3 Å². The van der Waals surface area contributed by atoms with Crippen molar-refractivity contribution in [1.29, 1.82) is 0 Å². The minimum atomic E-state index is -3.71. The highest BCUT2D eigenvalue weighted by Crippen LogP contribution is 2.25. The lowest BCUT2D eigenvalue weighted by atomic mass is 10.2. The van der Waals surface area contributed by atoms with Crippen LogP contribution in [-0.4, -0.2) is 33.2 Å². The van der Waals surface area contributed by atoms with Crippen molar-refractivity contribution in [3.8, 4) is 0 Å². The SMILES string of the molecule is CC(C)(C)OC(=O)NCCCNc1ccc(S(N)(=O)=O)cc1Br. The minimum Gasteiger partial charge on any atom is -0.444 e. The Kier molecular flexibility index (Phi) is 6.84. The predicted octanol–water partition coefficient (Wildman–Crippen LogP) is 2.42. The number of hydrogen-bond donors (Lipinski definition) is 3. The summed E-state index contributed by atoms with van der Waals surface area (Å²) in [7, 11) is -3.71. The number of halogens is 1. The molecule has 0 aliphatic carbocycles. The van der Waals surface area contributed by atoms with Crippen LogP contribution in [0.3, 0.4) is 0 Å². The highest BCUT2D eigenvalue weighted by Gasteiger charge is 2.15. The van der Waals surface area contributed by atoms with E-state index in [4.69, 9.17) is 9.88 Å². The standard InChI is InChI=1S/C14H22BrN3O4S/c1-14(2,3)22-13(19)18-8-4-7-17-12-6-5-10(9-11(12)15)23(16,20)21/h5-6,9,17H,4,7-8H2,1-3H3,(H,18,19)(H2,16,20,21). The molecule has 1 amide bonds. The summed E-state index contributed by atoms with van der Waals surface area (Å²) in [5.41, 5.74) is 0.229. The Bertz CT molecular complexity index is 656. The fourth-order valence-electron chi connectivity index (χ4n) is 1.63. The summed E-state index contributed by atoms with van der Waals surface area (Å²) in [6, 6.07) is 4.50. The average molecular weight is 408 g/mol. The topological polar surface area (TPSA) is 111 Å². The van der Waals surface area contributed by atoms with Gasteiger partial charge in [-0.3, -0.25) is 0 Å². The zero-order chi connectivity index (χ0) is 17.7. The molecule has 0 heterocycles. The molecule has 0 aliphatic heterocycles. The van der Waals surface area contributed by atoms with Crippen LogP contribution >= 0.6 is 15.9 Å². The molecule has 0 saturated carbocycles. The molecule has 0 fully saturated rings. The number of nitrogens with two attached hydrogens (primary N) is 1. The number of nitrogens with one attached hydrogen (secondary N) is 2. The minimum absolute atomic E-state index is 0.0431. The Balaban J connectivity index is 2.38. The first kappa shape index (κ1) is 19.7. The Morgan fingerprint density at radius 1 is 1.30 bits per heavy atom.